The minimum Gasteiger partial charge on any atom is -0.339 e. The molecule has 0 saturated carbocycles. The first kappa shape index (κ1) is 12.4. The Morgan fingerprint density at radius 1 is 1.71 bits per heavy atom. The van der Waals surface area contributed by atoms with E-state index in [1.807, 2.05) is 17.5 Å². The molecule has 1 aromatic rings. The topological polar surface area (TPSA) is 32.3 Å². The Labute approximate surface area is 102 Å². The minimum atomic E-state index is -2.76. The van der Waals surface area contributed by atoms with Crippen LogP contribution >= 0.6 is 11.3 Å². The summed E-state index contributed by atoms with van der Waals surface area (Å²) in [6.07, 6.45) is -0.402. The van der Waals surface area contributed by atoms with Crippen molar-refractivity contribution >= 4 is 17.2 Å². The van der Waals surface area contributed by atoms with Gasteiger partial charge in [-0.05, 0) is 11.4 Å². The van der Waals surface area contributed by atoms with E-state index in [-0.39, 0.29) is 5.91 Å². The van der Waals surface area contributed by atoms with E-state index in [9.17, 15) is 13.6 Å². The van der Waals surface area contributed by atoms with Crippen LogP contribution in [0.1, 0.15) is 11.3 Å². The molecule has 94 valence electrons. The maximum atomic E-state index is 13.0. The van der Waals surface area contributed by atoms with E-state index in [0.29, 0.717) is 6.54 Å². The lowest BCUT2D eigenvalue weighted by molar-refractivity contribution is -0.132. The smallest absolute Gasteiger partial charge is 0.262 e. The average Bonchev–Trinajstić information content (AvgIpc) is 2.86. The Bertz CT molecular complexity index is 394. The fourth-order valence-corrected chi connectivity index (χ4v) is 2.63. The highest BCUT2D eigenvalue weighted by atomic mass is 32.1. The van der Waals surface area contributed by atoms with E-state index >= 15 is 0 Å². The van der Waals surface area contributed by atoms with Gasteiger partial charge in [-0.15, -0.1) is 11.3 Å². The van der Waals surface area contributed by atoms with Gasteiger partial charge in [0.05, 0.1) is 19.1 Å². The van der Waals surface area contributed by atoms with Crippen LogP contribution in [-0.2, 0) is 11.3 Å². The molecule has 1 unspecified atom stereocenters. The number of rotatable bonds is 3. The Kier molecular flexibility index (Phi) is 3.44. The molecule has 0 radical (unpaired) electrons. The van der Waals surface area contributed by atoms with Crippen molar-refractivity contribution in [3.8, 4) is 0 Å². The van der Waals surface area contributed by atoms with Gasteiger partial charge in [0.25, 0.3) is 5.92 Å². The second-order valence-corrected chi connectivity index (χ2v) is 5.30. The molecule has 1 aliphatic rings. The van der Waals surface area contributed by atoms with Gasteiger partial charge >= 0.3 is 0 Å². The van der Waals surface area contributed by atoms with Crippen molar-refractivity contribution in [2.75, 3.05) is 13.6 Å². The average molecular weight is 260 g/mol. The third-order valence-electron chi connectivity index (χ3n) is 2.76. The van der Waals surface area contributed by atoms with Crippen molar-refractivity contribution in [3.63, 3.8) is 0 Å². The molecule has 1 atom stereocenters. The first-order valence-corrected chi connectivity index (χ1v) is 6.24. The molecule has 1 saturated heterocycles. The maximum Gasteiger partial charge on any atom is 0.262 e. The Morgan fingerprint density at radius 3 is 3.00 bits per heavy atom. The van der Waals surface area contributed by atoms with E-state index in [1.54, 1.807) is 18.4 Å². The largest absolute Gasteiger partial charge is 0.339 e. The van der Waals surface area contributed by atoms with Crippen LogP contribution in [0, 0.1) is 0 Å². The van der Waals surface area contributed by atoms with Gasteiger partial charge in [0.1, 0.15) is 0 Å². The molecule has 0 aliphatic carbocycles. The van der Waals surface area contributed by atoms with Gasteiger partial charge in [-0.2, -0.15) is 0 Å². The van der Waals surface area contributed by atoms with Gasteiger partial charge in [0.2, 0.25) is 5.91 Å². The van der Waals surface area contributed by atoms with Gasteiger partial charge in [-0.1, -0.05) is 6.07 Å². The summed E-state index contributed by atoms with van der Waals surface area (Å²) < 4.78 is 25.9. The SMILES string of the molecule is CN(Cc1cccs1)C(=O)C1CC(F)(F)CN1. The molecule has 3 nitrogen and oxygen atoms in total. The number of nitrogens with one attached hydrogen (secondary N) is 1. The third kappa shape index (κ3) is 3.01. The predicted molar refractivity (Wildman–Crippen MR) is 62.1 cm³/mol. The number of hydrogen-bond donors (Lipinski definition) is 1. The molecule has 0 spiro atoms. The lowest BCUT2D eigenvalue weighted by atomic mass is 10.1. The molecule has 1 amide bonds. The lowest BCUT2D eigenvalue weighted by Gasteiger charge is -2.20. The van der Waals surface area contributed by atoms with Crippen molar-refractivity contribution in [1.29, 1.82) is 0 Å². The van der Waals surface area contributed by atoms with Crippen LogP contribution in [0.25, 0.3) is 0 Å². The monoisotopic (exact) mass is 260 g/mol. The van der Waals surface area contributed by atoms with Crippen LogP contribution in [0.4, 0.5) is 8.78 Å². The summed E-state index contributed by atoms with van der Waals surface area (Å²) >= 11 is 1.55. The highest BCUT2D eigenvalue weighted by Crippen LogP contribution is 2.26. The molecule has 2 heterocycles. The standard InChI is InChI=1S/C11H14F2N2OS/c1-15(6-8-3-2-4-17-8)10(16)9-5-11(12,13)7-14-9/h2-4,9,14H,5-7H2,1H3. The zero-order valence-electron chi connectivity index (χ0n) is 9.45. The Morgan fingerprint density at radius 2 is 2.47 bits per heavy atom. The van der Waals surface area contributed by atoms with E-state index in [2.05, 4.69) is 5.32 Å². The summed E-state index contributed by atoms with van der Waals surface area (Å²) in [5.41, 5.74) is 0. The summed E-state index contributed by atoms with van der Waals surface area (Å²) in [7, 11) is 1.64. The molecule has 17 heavy (non-hydrogen) atoms. The number of carbonyl (C=O) groups is 1. The summed E-state index contributed by atoms with van der Waals surface area (Å²) in [6, 6.07) is 3.07. The Balaban J connectivity index is 1.92. The number of thiophene rings is 1. The van der Waals surface area contributed by atoms with Gasteiger partial charge < -0.3 is 4.90 Å². The zero-order valence-corrected chi connectivity index (χ0v) is 10.3. The number of hydrogen-bond acceptors (Lipinski definition) is 3. The van der Waals surface area contributed by atoms with Crippen molar-refractivity contribution in [1.82, 2.24) is 10.2 Å². The van der Waals surface area contributed by atoms with Gasteiger partial charge in [0.15, 0.2) is 0 Å². The highest BCUT2D eigenvalue weighted by Gasteiger charge is 2.43. The number of alkyl halides is 2. The molecule has 1 fully saturated rings. The predicted octanol–water partition coefficient (Wildman–Crippen LogP) is 1.70. The van der Waals surface area contributed by atoms with Crippen LogP contribution in [0.5, 0.6) is 0 Å². The molecule has 0 aromatic carbocycles. The molecule has 0 bridgehead atoms. The van der Waals surface area contributed by atoms with Crippen LogP contribution in [-0.4, -0.2) is 36.4 Å². The highest BCUT2D eigenvalue weighted by molar-refractivity contribution is 7.09. The van der Waals surface area contributed by atoms with E-state index in [1.165, 1.54) is 4.90 Å². The molecular weight excluding hydrogens is 246 g/mol. The zero-order chi connectivity index (χ0) is 12.5. The second-order valence-electron chi connectivity index (χ2n) is 4.27. The fraction of sp³-hybridized carbons (Fsp3) is 0.545. The quantitative estimate of drug-likeness (QED) is 0.897. The van der Waals surface area contributed by atoms with Crippen LogP contribution in [0.3, 0.4) is 0 Å². The fourth-order valence-electron chi connectivity index (χ4n) is 1.87. The third-order valence-corrected chi connectivity index (χ3v) is 3.62. The first-order chi connectivity index (χ1) is 7.98. The number of likely N-dealkylation sites (N-methyl/N-ethyl adjacent to an activating group) is 1. The normalized spacial score (nSPS) is 22.6. The van der Waals surface area contributed by atoms with Crippen molar-refractivity contribution in [3.05, 3.63) is 22.4 Å². The summed E-state index contributed by atoms with van der Waals surface area (Å²) in [4.78, 5) is 14.4. The summed E-state index contributed by atoms with van der Waals surface area (Å²) in [5.74, 6) is -3.03. The van der Waals surface area contributed by atoms with Crippen molar-refractivity contribution in [2.24, 2.45) is 0 Å². The van der Waals surface area contributed by atoms with E-state index < -0.39 is 24.9 Å². The van der Waals surface area contributed by atoms with Crippen molar-refractivity contribution in [2.45, 2.75) is 24.9 Å². The van der Waals surface area contributed by atoms with E-state index in [0.717, 1.165) is 4.88 Å². The molecule has 1 aromatic heterocycles. The van der Waals surface area contributed by atoms with Gasteiger partial charge in [-0.25, -0.2) is 8.78 Å². The molecule has 1 N–H and O–H groups in total. The molecule has 1 aliphatic heterocycles. The van der Waals surface area contributed by atoms with E-state index in [4.69, 9.17) is 0 Å². The molecule has 6 heteroatoms. The van der Waals surface area contributed by atoms with Gasteiger partial charge in [-0.3, -0.25) is 10.1 Å². The van der Waals surface area contributed by atoms with Crippen LogP contribution < -0.4 is 5.32 Å². The number of halogens is 2. The number of nitrogens with zero attached hydrogens (tertiary/aromatic N) is 1. The van der Waals surface area contributed by atoms with Crippen molar-refractivity contribution < 1.29 is 13.6 Å². The lowest BCUT2D eigenvalue weighted by Crippen LogP contribution is -2.41. The number of carbonyl (C=O) groups excluding carboxylic acids is 1. The summed E-state index contributed by atoms with van der Waals surface area (Å²) in [5, 5.41) is 4.50. The first-order valence-electron chi connectivity index (χ1n) is 5.36. The maximum absolute atomic E-state index is 13.0. The minimum absolute atomic E-state index is 0.268. The van der Waals surface area contributed by atoms with Gasteiger partial charge in [0, 0.05) is 18.3 Å². The Hall–Kier alpha value is -1.01. The molecular formula is C11H14F2N2OS. The van der Waals surface area contributed by atoms with Crippen LogP contribution in [0.15, 0.2) is 17.5 Å². The molecule has 2 rings (SSSR count). The summed E-state index contributed by atoms with van der Waals surface area (Å²) in [6.45, 7) is 0.0660. The van der Waals surface area contributed by atoms with Crippen LogP contribution in [0.2, 0.25) is 0 Å². The second kappa shape index (κ2) is 4.70. The number of amides is 1.